The van der Waals surface area contributed by atoms with Crippen LogP contribution in [0.15, 0.2) is 35.0 Å². The standard InChI is InChI=1S/C16H8F2N4O3S2/c17-16(18)24-10-4-7-8(5-11(10)25-16)21-15(20-7)22-13(23)9-6-27-14(19-9)12-2-1-3-26-12/h1-6H,(H2,20,21,22,23). The van der Waals surface area contributed by atoms with Crippen molar-refractivity contribution in [2.75, 3.05) is 5.32 Å². The molecule has 2 N–H and O–H groups in total. The number of nitrogens with one attached hydrogen (secondary N) is 2. The summed E-state index contributed by atoms with van der Waals surface area (Å²) in [4.78, 5) is 24.7. The molecule has 0 bridgehead atoms. The lowest BCUT2D eigenvalue weighted by Crippen LogP contribution is -2.25. The van der Waals surface area contributed by atoms with Crippen LogP contribution < -0.4 is 14.8 Å². The third-order valence-electron chi connectivity index (χ3n) is 3.71. The molecule has 11 heteroatoms. The van der Waals surface area contributed by atoms with Gasteiger partial charge in [0, 0.05) is 17.5 Å². The van der Waals surface area contributed by atoms with Gasteiger partial charge in [0.15, 0.2) is 11.5 Å². The van der Waals surface area contributed by atoms with Gasteiger partial charge in [0.1, 0.15) is 10.7 Å². The van der Waals surface area contributed by atoms with Crippen LogP contribution in [0, 0.1) is 0 Å². The van der Waals surface area contributed by atoms with E-state index in [0.717, 1.165) is 9.88 Å². The molecule has 0 saturated carbocycles. The summed E-state index contributed by atoms with van der Waals surface area (Å²) in [6.45, 7) is 0. The highest BCUT2D eigenvalue weighted by Crippen LogP contribution is 2.42. The van der Waals surface area contributed by atoms with Crippen LogP contribution in [-0.4, -0.2) is 27.2 Å². The zero-order valence-corrected chi connectivity index (χ0v) is 14.8. The molecule has 0 spiro atoms. The lowest BCUT2D eigenvalue weighted by atomic mass is 10.3. The first-order valence-corrected chi connectivity index (χ1v) is 9.33. The first-order valence-electron chi connectivity index (χ1n) is 7.57. The Balaban J connectivity index is 1.38. The monoisotopic (exact) mass is 406 g/mol. The van der Waals surface area contributed by atoms with E-state index in [1.165, 1.54) is 34.8 Å². The van der Waals surface area contributed by atoms with Crippen molar-refractivity contribution in [3.8, 4) is 21.4 Å². The second kappa shape index (κ2) is 5.72. The molecule has 0 atom stereocenters. The molecule has 1 aliphatic heterocycles. The molecule has 1 aromatic carbocycles. The van der Waals surface area contributed by atoms with Crippen molar-refractivity contribution in [3.05, 3.63) is 40.7 Å². The van der Waals surface area contributed by atoms with Gasteiger partial charge >= 0.3 is 6.29 Å². The second-order valence-corrected chi connectivity index (χ2v) is 7.34. The number of fused-ring (bicyclic) bond motifs is 2. The third kappa shape index (κ3) is 2.90. The molecule has 0 unspecified atom stereocenters. The van der Waals surface area contributed by atoms with E-state index in [1.54, 1.807) is 5.38 Å². The van der Waals surface area contributed by atoms with E-state index in [-0.39, 0.29) is 23.1 Å². The number of carbonyl (C=O) groups excluding carboxylic acids is 1. The molecule has 136 valence electrons. The van der Waals surface area contributed by atoms with Crippen molar-refractivity contribution >= 4 is 45.6 Å². The van der Waals surface area contributed by atoms with Gasteiger partial charge in [0.05, 0.1) is 15.9 Å². The van der Waals surface area contributed by atoms with Crippen molar-refractivity contribution < 1.29 is 23.0 Å². The number of aromatic amines is 1. The molecular weight excluding hydrogens is 398 g/mol. The Labute approximate surface area is 157 Å². The number of thiophene rings is 1. The van der Waals surface area contributed by atoms with E-state index >= 15 is 0 Å². The van der Waals surface area contributed by atoms with E-state index in [2.05, 4.69) is 29.7 Å². The van der Waals surface area contributed by atoms with Crippen LogP contribution in [0.25, 0.3) is 20.9 Å². The normalized spacial score (nSPS) is 14.6. The van der Waals surface area contributed by atoms with Gasteiger partial charge in [-0.25, -0.2) is 9.97 Å². The lowest BCUT2D eigenvalue weighted by Gasteiger charge is -2.04. The molecular formula is C16H8F2N4O3S2. The summed E-state index contributed by atoms with van der Waals surface area (Å²) in [6, 6.07) is 6.49. The number of hydrogen-bond acceptors (Lipinski definition) is 7. The SMILES string of the molecule is O=C(Nc1nc2cc3c(cc2[nH]1)OC(F)(F)O3)c1csc(-c2cccs2)n1. The van der Waals surface area contributed by atoms with Crippen LogP contribution in [0.3, 0.4) is 0 Å². The van der Waals surface area contributed by atoms with Crippen molar-refractivity contribution in [1.29, 1.82) is 0 Å². The third-order valence-corrected chi connectivity index (χ3v) is 5.59. The molecule has 0 radical (unpaired) electrons. The second-order valence-electron chi connectivity index (χ2n) is 5.54. The number of H-pyrrole nitrogens is 1. The van der Waals surface area contributed by atoms with E-state index in [9.17, 15) is 13.6 Å². The zero-order chi connectivity index (χ0) is 18.6. The van der Waals surface area contributed by atoms with Gasteiger partial charge in [-0.3, -0.25) is 10.1 Å². The predicted octanol–water partition coefficient (Wildman–Crippen LogP) is 4.32. The number of carbonyl (C=O) groups is 1. The van der Waals surface area contributed by atoms with Crippen LogP contribution >= 0.6 is 22.7 Å². The number of hydrogen-bond donors (Lipinski definition) is 2. The summed E-state index contributed by atoms with van der Waals surface area (Å²) in [5.74, 6) is -0.484. The number of benzene rings is 1. The molecule has 27 heavy (non-hydrogen) atoms. The maximum Gasteiger partial charge on any atom is 0.586 e. The number of anilines is 1. The Kier molecular flexibility index (Phi) is 3.42. The maximum atomic E-state index is 13.1. The van der Waals surface area contributed by atoms with Gasteiger partial charge in [-0.2, -0.15) is 0 Å². The molecule has 0 fully saturated rings. The molecule has 3 aromatic heterocycles. The molecule has 1 aliphatic rings. The summed E-state index contributed by atoms with van der Waals surface area (Å²) in [5.41, 5.74) is 1.03. The smallest absolute Gasteiger partial charge is 0.395 e. The highest BCUT2D eigenvalue weighted by atomic mass is 32.1. The zero-order valence-electron chi connectivity index (χ0n) is 13.2. The number of amides is 1. The summed E-state index contributed by atoms with van der Waals surface area (Å²) in [5, 5.41) is 6.96. The fourth-order valence-corrected chi connectivity index (χ4v) is 4.19. The summed E-state index contributed by atoms with van der Waals surface area (Å²) in [6.07, 6.45) is -3.69. The number of halogens is 2. The molecule has 1 amide bonds. The molecule has 0 saturated heterocycles. The highest BCUT2D eigenvalue weighted by Gasteiger charge is 2.43. The van der Waals surface area contributed by atoms with E-state index in [1.807, 2.05) is 17.5 Å². The van der Waals surface area contributed by atoms with E-state index in [0.29, 0.717) is 11.0 Å². The van der Waals surface area contributed by atoms with Gasteiger partial charge in [0.2, 0.25) is 5.95 Å². The van der Waals surface area contributed by atoms with Crippen molar-refractivity contribution in [2.24, 2.45) is 0 Å². The van der Waals surface area contributed by atoms with Gasteiger partial charge < -0.3 is 14.5 Å². The van der Waals surface area contributed by atoms with Crippen LogP contribution in [0.5, 0.6) is 11.5 Å². The van der Waals surface area contributed by atoms with Gasteiger partial charge in [-0.15, -0.1) is 31.5 Å². The van der Waals surface area contributed by atoms with Crippen LogP contribution in [0.4, 0.5) is 14.7 Å². The molecule has 7 nitrogen and oxygen atoms in total. The summed E-state index contributed by atoms with van der Waals surface area (Å²) in [7, 11) is 0. The van der Waals surface area contributed by atoms with Crippen LogP contribution in [0.2, 0.25) is 0 Å². The minimum atomic E-state index is -3.69. The number of ether oxygens (including phenoxy) is 2. The first-order chi connectivity index (χ1) is 13.0. The number of alkyl halides is 2. The largest absolute Gasteiger partial charge is 0.586 e. The average Bonchev–Trinajstić information content (AvgIpc) is 3.36. The first kappa shape index (κ1) is 16.1. The molecule has 0 aliphatic carbocycles. The average molecular weight is 406 g/mol. The van der Waals surface area contributed by atoms with Crippen LogP contribution in [-0.2, 0) is 0 Å². The maximum absolute atomic E-state index is 13.1. The summed E-state index contributed by atoms with van der Waals surface area (Å²) >= 11 is 2.91. The van der Waals surface area contributed by atoms with E-state index in [4.69, 9.17) is 0 Å². The quantitative estimate of drug-likeness (QED) is 0.529. The minimum Gasteiger partial charge on any atom is -0.395 e. The Morgan fingerprint density at radius 1 is 1.19 bits per heavy atom. The highest BCUT2D eigenvalue weighted by molar-refractivity contribution is 7.20. The number of imidazole rings is 1. The molecule has 4 aromatic rings. The number of nitrogens with zero attached hydrogens (tertiary/aromatic N) is 2. The van der Waals surface area contributed by atoms with Gasteiger partial charge in [0.25, 0.3) is 5.91 Å². The van der Waals surface area contributed by atoms with Crippen LogP contribution in [0.1, 0.15) is 10.5 Å². The Morgan fingerprint density at radius 2 is 2.00 bits per heavy atom. The summed E-state index contributed by atoms with van der Waals surface area (Å²) < 4.78 is 35.0. The number of aromatic nitrogens is 3. The van der Waals surface area contributed by atoms with Crippen molar-refractivity contribution in [3.63, 3.8) is 0 Å². The fraction of sp³-hybridized carbons (Fsp3) is 0.0625. The van der Waals surface area contributed by atoms with Gasteiger partial charge in [-0.1, -0.05) is 6.07 Å². The number of rotatable bonds is 3. The van der Waals surface area contributed by atoms with Crippen molar-refractivity contribution in [2.45, 2.75) is 6.29 Å². The van der Waals surface area contributed by atoms with E-state index < -0.39 is 12.2 Å². The Bertz CT molecular complexity index is 1120. The van der Waals surface area contributed by atoms with Gasteiger partial charge in [-0.05, 0) is 11.4 Å². The fourth-order valence-electron chi connectivity index (χ4n) is 2.58. The lowest BCUT2D eigenvalue weighted by molar-refractivity contribution is -0.286. The predicted molar refractivity (Wildman–Crippen MR) is 95.7 cm³/mol. The Morgan fingerprint density at radius 3 is 2.78 bits per heavy atom. The minimum absolute atomic E-state index is 0.103. The molecule has 4 heterocycles. The molecule has 5 rings (SSSR count). The topological polar surface area (TPSA) is 89.1 Å². The van der Waals surface area contributed by atoms with Crippen molar-refractivity contribution in [1.82, 2.24) is 15.0 Å². The Hall–Kier alpha value is -3.05. The number of thiazole rings is 1.